The number of aromatic amines is 1. The van der Waals surface area contributed by atoms with E-state index in [4.69, 9.17) is 0 Å². The van der Waals surface area contributed by atoms with E-state index in [0.29, 0.717) is 11.8 Å². The van der Waals surface area contributed by atoms with Crippen LogP contribution in [0, 0.1) is 11.8 Å². The molecule has 2 atom stereocenters. The van der Waals surface area contributed by atoms with Crippen molar-refractivity contribution in [2.75, 3.05) is 6.54 Å². The quantitative estimate of drug-likeness (QED) is 0.857. The van der Waals surface area contributed by atoms with Gasteiger partial charge in [0.1, 0.15) is 0 Å². The van der Waals surface area contributed by atoms with Crippen LogP contribution in [0.1, 0.15) is 50.1 Å². The molecule has 1 aromatic heterocycles. The van der Waals surface area contributed by atoms with Gasteiger partial charge in [-0.2, -0.15) is 0 Å². The molecular weight excluding hydrogens is 226 g/mol. The largest absolute Gasteiger partial charge is 0.356 e. The van der Waals surface area contributed by atoms with Crippen molar-refractivity contribution in [3.63, 3.8) is 0 Å². The van der Waals surface area contributed by atoms with Crippen molar-refractivity contribution in [3.8, 4) is 0 Å². The molecule has 2 aliphatic rings. The average Bonchev–Trinajstić information content (AvgIpc) is 3.03. The number of hydrogen-bond donors (Lipinski definition) is 2. The molecule has 0 unspecified atom stereocenters. The fraction of sp³-hybridized carbons (Fsp3) is 0.714. The fourth-order valence-corrected chi connectivity index (χ4v) is 3.07. The van der Waals surface area contributed by atoms with E-state index in [1.165, 1.54) is 32.1 Å². The number of carbonyl (C=O) groups is 1. The van der Waals surface area contributed by atoms with E-state index >= 15 is 0 Å². The van der Waals surface area contributed by atoms with Crippen LogP contribution < -0.4 is 5.32 Å². The third-order valence-electron chi connectivity index (χ3n) is 4.34. The zero-order valence-electron chi connectivity index (χ0n) is 10.7. The molecule has 2 saturated carbocycles. The first-order valence-corrected chi connectivity index (χ1v) is 7.10. The molecule has 4 nitrogen and oxygen atoms in total. The Labute approximate surface area is 108 Å². The molecule has 3 rings (SSSR count). The van der Waals surface area contributed by atoms with Crippen LogP contribution in [0.2, 0.25) is 0 Å². The van der Waals surface area contributed by atoms with Gasteiger partial charge in [0.25, 0.3) is 0 Å². The van der Waals surface area contributed by atoms with Crippen molar-refractivity contribution in [2.24, 2.45) is 11.8 Å². The Morgan fingerprint density at radius 3 is 2.94 bits per heavy atom. The van der Waals surface area contributed by atoms with Gasteiger partial charge in [0.2, 0.25) is 5.91 Å². The Morgan fingerprint density at radius 1 is 1.39 bits per heavy atom. The number of carbonyl (C=O) groups excluding carboxylic acids is 1. The molecule has 4 heteroatoms. The smallest absolute Gasteiger partial charge is 0.223 e. The summed E-state index contributed by atoms with van der Waals surface area (Å²) in [4.78, 5) is 19.1. The predicted molar refractivity (Wildman–Crippen MR) is 69.0 cm³/mol. The molecule has 1 heterocycles. The van der Waals surface area contributed by atoms with Gasteiger partial charge in [0, 0.05) is 30.3 Å². The summed E-state index contributed by atoms with van der Waals surface area (Å²) in [5.41, 5.74) is 1.10. The Morgan fingerprint density at radius 2 is 2.22 bits per heavy atom. The van der Waals surface area contributed by atoms with Crippen LogP contribution in [0.4, 0.5) is 0 Å². The average molecular weight is 247 g/mol. The lowest BCUT2D eigenvalue weighted by molar-refractivity contribution is -0.122. The van der Waals surface area contributed by atoms with Crippen LogP contribution in [0.3, 0.4) is 0 Å². The van der Waals surface area contributed by atoms with Gasteiger partial charge in [-0.3, -0.25) is 4.79 Å². The minimum absolute atomic E-state index is 0.175. The van der Waals surface area contributed by atoms with Gasteiger partial charge in [-0.1, -0.05) is 19.3 Å². The first kappa shape index (κ1) is 11.8. The van der Waals surface area contributed by atoms with Crippen molar-refractivity contribution >= 4 is 5.91 Å². The second-order valence-corrected chi connectivity index (χ2v) is 5.70. The molecule has 0 saturated heterocycles. The molecule has 2 N–H and O–H groups in total. The van der Waals surface area contributed by atoms with E-state index in [2.05, 4.69) is 15.3 Å². The van der Waals surface area contributed by atoms with E-state index in [1.807, 2.05) is 6.20 Å². The number of amides is 1. The summed E-state index contributed by atoms with van der Waals surface area (Å²) in [6.07, 6.45) is 11.1. The van der Waals surface area contributed by atoms with Gasteiger partial charge >= 0.3 is 0 Å². The first-order valence-electron chi connectivity index (χ1n) is 7.10. The lowest BCUT2D eigenvalue weighted by atomic mass is 9.89. The van der Waals surface area contributed by atoms with Crippen LogP contribution in [0.15, 0.2) is 12.5 Å². The van der Waals surface area contributed by atoms with Crippen LogP contribution >= 0.6 is 0 Å². The molecule has 18 heavy (non-hydrogen) atoms. The highest BCUT2D eigenvalue weighted by atomic mass is 16.2. The SMILES string of the molecule is O=C(NCC1CCCCC1)[C@H]1C[C@@H]1c1cnc[nH]1. The molecule has 0 aliphatic heterocycles. The maximum Gasteiger partial charge on any atom is 0.223 e. The number of aromatic nitrogens is 2. The van der Waals surface area contributed by atoms with Crippen LogP contribution in [0.25, 0.3) is 0 Å². The molecular formula is C14H21N3O. The molecule has 98 valence electrons. The van der Waals surface area contributed by atoms with E-state index in [-0.39, 0.29) is 11.8 Å². The lowest BCUT2D eigenvalue weighted by Crippen LogP contribution is -2.31. The molecule has 2 fully saturated rings. The van der Waals surface area contributed by atoms with Crippen LogP contribution in [-0.2, 0) is 4.79 Å². The second kappa shape index (κ2) is 5.12. The number of hydrogen-bond acceptors (Lipinski definition) is 2. The Kier molecular flexibility index (Phi) is 3.35. The molecule has 0 spiro atoms. The van der Waals surface area contributed by atoms with E-state index < -0.39 is 0 Å². The molecule has 2 aliphatic carbocycles. The third kappa shape index (κ3) is 2.57. The number of nitrogens with one attached hydrogen (secondary N) is 2. The van der Waals surface area contributed by atoms with Crippen molar-refractivity contribution in [1.82, 2.24) is 15.3 Å². The molecule has 1 amide bonds. The molecule has 0 radical (unpaired) electrons. The summed E-state index contributed by atoms with van der Waals surface area (Å²) in [6.45, 7) is 0.880. The number of imidazole rings is 1. The van der Waals surface area contributed by atoms with Gasteiger partial charge in [-0.25, -0.2) is 4.98 Å². The normalized spacial score (nSPS) is 28.0. The first-order chi connectivity index (χ1) is 8.84. The molecule has 0 bridgehead atoms. The van der Waals surface area contributed by atoms with Crippen LogP contribution in [-0.4, -0.2) is 22.4 Å². The van der Waals surface area contributed by atoms with Gasteiger partial charge < -0.3 is 10.3 Å². The predicted octanol–water partition coefficient (Wildman–Crippen LogP) is 2.21. The van der Waals surface area contributed by atoms with Gasteiger partial charge in [-0.05, 0) is 25.2 Å². The Bertz CT molecular complexity index is 395. The highest BCUT2D eigenvalue weighted by Crippen LogP contribution is 2.46. The van der Waals surface area contributed by atoms with E-state index in [0.717, 1.165) is 18.7 Å². The molecule has 0 aromatic carbocycles. The second-order valence-electron chi connectivity index (χ2n) is 5.70. The summed E-state index contributed by atoms with van der Waals surface area (Å²) in [5, 5.41) is 3.13. The van der Waals surface area contributed by atoms with Crippen molar-refractivity contribution in [1.29, 1.82) is 0 Å². The number of H-pyrrole nitrogens is 1. The highest BCUT2D eigenvalue weighted by molar-refractivity contribution is 5.82. The topological polar surface area (TPSA) is 57.8 Å². The van der Waals surface area contributed by atoms with Crippen molar-refractivity contribution in [3.05, 3.63) is 18.2 Å². The Balaban J connectivity index is 1.43. The summed E-state index contributed by atoms with van der Waals surface area (Å²) in [7, 11) is 0. The third-order valence-corrected chi connectivity index (χ3v) is 4.34. The summed E-state index contributed by atoms with van der Waals surface area (Å²) in [6, 6.07) is 0. The minimum atomic E-state index is 0.175. The maximum atomic E-state index is 12.0. The summed E-state index contributed by atoms with van der Waals surface area (Å²) < 4.78 is 0. The van der Waals surface area contributed by atoms with Gasteiger partial charge in [-0.15, -0.1) is 0 Å². The Hall–Kier alpha value is -1.32. The molecule has 1 aromatic rings. The maximum absolute atomic E-state index is 12.0. The fourth-order valence-electron chi connectivity index (χ4n) is 3.07. The van der Waals surface area contributed by atoms with Gasteiger partial charge in [0.05, 0.1) is 6.33 Å². The summed E-state index contributed by atoms with van der Waals surface area (Å²) in [5.74, 6) is 1.50. The number of nitrogens with zero attached hydrogens (tertiary/aromatic N) is 1. The zero-order chi connectivity index (χ0) is 12.4. The van der Waals surface area contributed by atoms with E-state index in [9.17, 15) is 4.79 Å². The minimum Gasteiger partial charge on any atom is -0.356 e. The summed E-state index contributed by atoms with van der Waals surface area (Å²) >= 11 is 0. The standard InChI is InChI=1S/C14H21N3O/c18-14(16-7-10-4-2-1-3-5-10)12-6-11(12)13-8-15-9-17-13/h8-12H,1-7H2,(H,15,17)(H,16,18)/t11-,12-/m0/s1. The van der Waals surface area contributed by atoms with Gasteiger partial charge in [0.15, 0.2) is 0 Å². The van der Waals surface area contributed by atoms with Crippen molar-refractivity contribution < 1.29 is 4.79 Å². The number of rotatable bonds is 4. The van der Waals surface area contributed by atoms with E-state index in [1.54, 1.807) is 6.33 Å². The van der Waals surface area contributed by atoms with Crippen LogP contribution in [0.5, 0.6) is 0 Å². The highest BCUT2D eigenvalue weighted by Gasteiger charge is 2.44. The lowest BCUT2D eigenvalue weighted by Gasteiger charge is -2.21. The zero-order valence-corrected chi connectivity index (χ0v) is 10.7. The van der Waals surface area contributed by atoms with Crippen molar-refractivity contribution in [2.45, 2.75) is 44.4 Å². The monoisotopic (exact) mass is 247 g/mol.